The second-order valence-electron chi connectivity index (χ2n) is 10.8. The molecule has 0 aromatic heterocycles. The van der Waals surface area contributed by atoms with E-state index in [0.29, 0.717) is 6.42 Å². The summed E-state index contributed by atoms with van der Waals surface area (Å²) < 4.78 is 10.7. The summed E-state index contributed by atoms with van der Waals surface area (Å²) in [6.45, 7) is 10.7. The van der Waals surface area contributed by atoms with Crippen molar-refractivity contribution >= 4 is 23.9 Å². The molecule has 10 heteroatoms. The fourth-order valence-electron chi connectivity index (χ4n) is 4.32. The number of benzene rings is 2. The van der Waals surface area contributed by atoms with Crippen LogP contribution in [0.5, 0.6) is 0 Å². The van der Waals surface area contributed by atoms with E-state index in [9.17, 15) is 24.3 Å². The molecule has 3 amide bonds. The SMILES string of the molecule is C=CC[C@H](CC(=O)N[C@@H](CO)Cc1ccccc1)C(=O)N[C@H](COC(=O)[C@@H](CC=C)NC(=O)OCc1ccccc1)C(C)C. The van der Waals surface area contributed by atoms with Crippen molar-refractivity contribution < 1.29 is 33.8 Å². The predicted octanol–water partition coefficient (Wildman–Crippen LogP) is 3.84. The summed E-state index contributed by atoms with van der Waals surface area (Å²) in [5, 5.41) is 18.0. The predicted molar refractivity (Wildman–Crippen MR) is 168 cm³/mol. The maximum Gasteiger partial charge on any atom is 0.408 e. The van der Waals surface area contributed by atoms with Crippen LogP contribution in [0.3, 0.4) is 0 Å². The topological polar surface area (TPSA) is 143 Å². The van der Waals surface area contributed by atoms with Gasteiger partial charge in [0, 0.05) is 6.42 Å². The lowest BCUT2D eigenvalue weighted by molar-refractivity contribution is -0.148. The Balaban J connectivity index is 1.92. The molecule has 238 valence electrons. The van der Waals surface area contributed by atoms with E-state index in [0.717, 1.165) is 11.1 Å². The summed E-state index contributed by atoms with van der Waals surface area (Å²) in [4.78, 5) is 51.2. The third-order valence-corrected chi connectivity index (χ3v) is 6.89. The van der Waals surface area contributed by atoms with Crippen molar-refractivity contribution in [1.29, 1.82) is 0 Å². The number of esters is 1. The number of aliphatic hydroxyl groups is 1. The van der Waals surface area contributed by atoms with E-state index in [1.807, 2.05) is 74.5 Å². The van der Waals surface area contributed by atoms with E-state index < -0.39 is 36.1 Å². The van der Waals surface area contributed by atoms with Crippen LogP contribution in [-0.4, -0.2) is 60.3 Å². The van der Waals surface area contributed by atoms with Crippen LogP contribution in [0.2, 0.25) is 0 Å². The molecule has 2 rings (SSSR count). The van der Waals surface area contributed by atoms with Gasteiger partial charge in [-0.1, -0.05) is 86.7 Å². The van der Waals surface area contributed by atoms with E-state index in [-0.39, 0.29) is 56.8 Å². The molecule has 0 heterocycles. The Hall–Kier alpha value is -4.44. The molecule has 0 unspecified atom stereocenters. The zero-order chi connectivity index (χ0) is 32.3. The Morgan fingerprint density at radius 2 is 1.45 bits per heavy atom. The van der Waals surface area contributed by atoms with Crippen LogP contribution in [0.1, 0.15) is 44.2 Å². The molecule has 0 aliphatic rings. The monoisotopic (exact) mass is 607 g/mol. The molecule has 0 radical (unpaired) electrons. The normalized spacial score (nSPS) is 13.5. The first-order chi connectivity index (χ1) is 21.2. The second kappa shape index (κ2) is 19.7. The number of carbonyl (C=O) groups excluding carboxylic acids is 4. The van der Waals surface area contributed by atoms with Crippen molar-refractivity contribution in [2.75, 3.05) is 13.2 Å². The summed E-state index contributed by atoms with van der Waals surface area (Å²) >= 11 is 0. The van der Waals surface area contributed by atoms with Crippen molar-refractivity contribution in [1.82, 2.24) is 16.0 Å². The molecule has 0 saturated carbocycles. The van der Waals surface area contributed by atoms with Gasteiger partial charge in [-0.05, 0) is 36.3 Å². The van der Waals surface area contributed by atoms with Crippen molar-refractivity contribution in [2.24, 2.45) is 11.8 Å². The first-order valence-electron chi connectivity index (χ1n) is 14.8. The van der Waals surface area contributed by atoms with Crippen LogP contribution in [-0.2, 0) is 36.9 Å². The van der Waals surface area contributed by atoms with Gasteiger partial charge in [-0.25, -0.2) is 9.59 Å². The molecule has 10 nitrogen and oxygen atoms in total. The van der Waals surface area contributed by atoms with E-state index in [2.05, 4.69) is 29.1 Å². The highest BCUT2D eigenvalue weighted by Gasteiger charge is 2.28. The minimum Gasteiger partial charge on any atom is -0.462 e. The van der Waals surface area contributed by atoms with Gasteiger partial charge in [0.2, 0.25) is 11.8 Å². The summed E-state index contributed by atoms with van der Waals surface area (Å²) in [5.41, 5.74) is 1.77. The fraction of sp³-hybridized carbons (Fsp3) is 0.412. The third-order valence-electron chi connectivity index (χ3n) is 6.89. The quantitative estimate of drug-likeness (QED) is 0.140. The molecule has 0 fully saturated rings. The molecular formula is C34H45N3O7. The average molecular weight is 608 g/mol. The van der Waals surface area contributed by atoms with Crippen LogP contribution < -0.4 is 16.0 Å². The van der Waals surface area contributed by atoms with Gasteiger partial charge in [-0.15, -0.1) is 13.2 Å². The number of alkyl carbamates (subject to hydrolysis) is 1. The van der Waals surface area contributed by atoms with E-state index in [4.69, 9.17) is 9.47 Å². The smallest absolute Gasteiger partial charge is 0.408 e. The highest BCUT2D eigenvalue weighted by atomic mass is 16.6. The minimum atomic E-state index is -1.02. The first kappa shape index (κ1) is 35.8. The molecule has 4 atom stereocenters. The molecule has 0 saturated heterocycles. The maximum absolute atomic E-state index is 13.2. The minimum absolute atomic E-state index is 0.0432. The van der Waals surface area contributed by atoms with Crippen molar-refractivity contribution in [3.05, 3.63) is 97.1 Å². The highest BCUT2D eigenvalue weighted by Crippen LogP contribution is 2.14. The Bertz CT molecular complexity index is 1200. The summed E-state index contributed by atoms with van der Waals surface area (Å²) in [7, 11) is 0. The Morgan fingerprint density at radius 3 is 2.02 bits per heavy atom. The zero-order valence-electron chi connectivity index (χ0n) is 25.6. The van der Waals surface area contributed by atoms with Crippen LogP contribution >= 0.6 is 0 Å². The number of hydrogen-bond acceptors (Lipinski definition) is 7. The first-order valence-corrected chi connectivity index (χ1v) is 14.8. The highest BCUT2D eigenvalue weighted by molar-refractivity contribution is 5.86. The van der Waals surface area contributed by atoms with Gasteiger partial charge in [0.25, 0.3) is 0 Å². The van der Waals surface area contributed by atoms with Gasteiger partial charge in [0.1, 0.15) is 19.3 Å². The summed E-state index contributed by atoms with van der Waals surface area (Å²) in [5.74, 6) is -2.28. The molecule has 44 heavy (non-hydrogen) atoms. The fourth-order valence-corrected chi connectivity index (χ4v) is 4.32. The molecule has 4 N–H and O–H groups in total. The maximum atomic E-state index is 13.2. The molecule has 0 spiro atoms. The summed E-state index contributed by atoms with van der Waals surface area (Å²) in [6.07, 6.45) is 2.99. The lowest BCUT2D eigenvalue weighted by Gasteiger charge is -2.26. The van der Waals surface area contributed by atoms with E-state index >= 15 is 0 Å². The van der Waals surface area contributed by atoms with Gasteiger partial charge >= 0.3 is 12.1 Å². The van der Waals surface area contributed by atoms with Crippen molar-refractivity contribution in [3.8, 4) is 0 Å². The Kier molecular flexibility index (Phi) is 16.0. The molecule has 2 aromatic carbocycles. The van der Waals surface area contributed by atoms with Crippen LogP contribution in [0.4, 0.5) is 4.79 Å². The summed E-state index contributed by atoms with van der Waals surface area (Å²) in [6, 6.07) is 16.5. The number of hydrogen-bond donors (Lipinski definition) is 4. The van der Waals surface area contributed by atoms with E-state index in [1.165, 1.54) is 6.08 Å². The standard InChI is InChI=1S/C34H45N3O7/c1-5-13-27(20-31(39)35-28(21-38)19-25-15-9-7-10-16-25)32(40)36-30(24(3)4)23-43-33(41)29(14-6-2)37-34(42)44-22-26-17-11-8-12-18-26/h5-12,15-18,24,27-30,38H,1-2,13-14,19-23H2,3-4H3,(H,35,39)(H,36,40)(H,37,42)/t27-,28-,29-,30-/m1/s1. The number of ether oxygens (including phenoxy) is 2. The number of rotatable bonds is 19. The molecule has 0 bridgehead atoms. The van der Waals surface area contributed by atoms with Crippen LogP contribution in [0.15, 0.2) is 86.0 Å². The second-order valence-corrected chi connectivity index (χ2v) is 10.8. The number of carbonyl (C=O) groups is 4. The number of aliphatic hydroxyl groups excluding tert-OH is 1. The average Bonchev–Trinajstić information content (AvgIpc) is 3.01. The van der Waals surface area contributed by atoms with Crippen molar-refractivity contribution in [3.63, 3.8) is 0 Å². The van der Waals surface area contributed by atoms with E-state index in [1.54, 1.807) is 6.08 Å². The number of nitrogens with one attached hydrogen (secondary N) is 3. The van der Waals surface area contributed by atoms with Gasteiger partial charge in [0.15, 0.2) is 0 Å². The molecule has 0 aliphatic heterocycles. The van der Waals surface area contributed by atoms with Crippen LogP contribution in [0.25, 0.3) is 0 Å². The van der Waals surface area contributed by atoms with Gasteiger partial charge in [-0.3, -0.25) is 9.59 Å². The van der Waals surface area contributed by atoms with Gasteiger partial charge in [-0.2, -0.15) is 0 Å². The zero-order valence-corrected chi connectivity index (χ0v) is 25.6. The molecule has 0 aliphatic carbocycles. The van der Waals surface area contributed by atoms with Gasteiger partial charge < -0.3 is 30.5 Å². The largest absolute Gasteiger partial charge is 0.462 e. The number of amides is 3. The van der Waals surface area contributed by atoms with Crippen LogP contribution in [0, 0.1) is 11.8 Å². The Morgan fingerprint density at radius 1 is 0.841 bits per heavy atom. The lowest BCUT2D eigenvalue weighted by atomic mass is 9.97. The third kappa shape index (κ3) is 13.2. The Labute approximate surface area is 259 Å². The van der Waals surface area contributed by atoms with Gasteiger partial charge in [0.05, 0.1) is 24.6 Å². The molecular weight excluding hydrogens is 562 g/mol. The molecule has 2 aromatic rings. The lowest BCUT2D eigenvalue weighted by Crippen LogP contribution is -2.48. The van der Waals surface area contributed by atoms with Crippen molar-refractivity contribution in [2.45, 2.75) is 64.3 Å². The number of allylic oxidation sites excluding steroid dienone is 1.